The highest BCUT2D eigenvalue weighted by molar-refractivity contribution is 6.31. The van der Waals surface area contributed by atoms with Crippen LogP contribution < -0.4 is 0 Å². The summed E-state index contributed by atoms with van der Waals surface area (Å²) < 4.78 is 5.21. The van der Waals surface area contributed by atoms with E-state index in [1.165, 1.54) is 6.39 Å². The van der Waals surface area contributed by atoms with Gasteiger partial charge in [0, 0.05) is 10.6 Å². The molecular weight excluding hydrogens is 210 g/mol. The molecule has 2 aromatic rings. The van der Waals surface area contributed by atoms with Crippen molar-refractivity contribution >= 4 is 11.6 Å². The van der Waals surface area contributed by atoms with Gasteiger partial charge in [0.15, 0.2) is 12.2 Å². The molecule has 0 saturated heterocycles. The van der Waals surface area contributed by atoms with E-state index in [1.807, 2.05) is 18.2 Å². The molecule has 0 unspecified atom stereocenters. The summed E-state index contributed by atoms with van der Waals surface area (Å²) in [6.07, 6.45) is 3.10. The summed E-state index contributed by atoms with van der Waals surface area (Å²) in [6, 6.07) is 5.95. The summed E-state index contributed by atoms with van der Waals surface area (Å²) in [7, 11) is 0. The standard InChI is InChI=1S/C12H12ClNO/c1-8(2)10-4-3-9(5-11(10)13)12-6-14-7-15-12/h3-8H,1-2H3. The van der Waals surface area contributed by atoms with Crippen molar-refractivity contribution in [3.8, 4) is 11.3 Å². The van der Waals surface area contributed by atoms with Gasteiger partial charge in [-0.1, -0.05) is 37.6 Å². The second-order valence-electron chi connectivity index (χ2n) is 3.76. The fraction of sp³-hybridized carbons (Fsp3) is 0.250. The van der Waals surface area contributed by atoms with Crippen LogP contribution in [-0.4, -0.2) is 4.98 Å². The Labute approximate surface area is 93.9 Å². The van der Waals surface area contributed by atoms with Gasteiger partial charge in [0.2, 0.25) is 0 Å². The molecule has 0 aliphatic carbocycles. The van der Waals surface area contributed by atoms with Gasteiger partial charge in [-0.25, -0.2) is 4.98 Å². The average Bonchev–Trinajstić information content (AvgIpc) is 2.69. The van der Waals surface area contributed by atoms with Gasteiger partial charge in [-0.15, -0.1) is 0 Å². The Balaban J connectivity index is 2.42. The maximum Gasteiger partial charge on any atom is 0.181 e. The van der Waals surface area contributed by atoms with Crippen LogP contribution in [0.5, 0.6) is 0 Å². The average molecular weight is 222 g/mol. The molecule has 2 nitrogen and oxygen atoms in total. The van der Waals surface area contributed by atoms with E-state index in [9.17, 15) is 0 Å². The summed E-state index contributed by atoms with van der Waals surface area (Å²) in [5.41, 5.74) is 2.11. The summed E-state index contributed by atoms with van der Waals surface area (Å²) in [6.45, 7) is 4.24. The third-order valence-corrected chi connectivity index (χ3v) is 2.67. The Morgan fingerprint density at radius 2 is 2.13 bits per heavy atom. The predicted octanol–water partition coefficient (Wildman–Crippen LogP) is 4.12. The second kappa shape index (κ2) is 4.07. The number of aromatic nitrogens is 1. The van der Waals surface area contributed by atoms with Gasteiger partial charge in [0.1, 0.15) is 0 Å². The number of hydrogen-bond acceptors (Lipinski definition) is 2. The quantitative estimate of drug-likeness (QED) is 0.763. The molecule has 0 radical (unpaired) electrons. The van der Waals surface area contributed by atoms with Gasteiger partial charge in [-0.05, 0) is 17.5 Å². The first kappa shape index (κ1) is 10.2. The minimum Gasteiger partial charge on any atom is -0.444 e. The highest BCUT2D eigenvalue weighted by atomic mass is 35.5. The maximum atomic E-state index is 6.18. The van der Waals surface area contributed by atoms with Crippen molar-refractivity contribution in [2.24, 2.45) is 0 Å². The third kappa shape index (κ3) is 2.05. The van der Waals surface area contributed by atoms with Crippen LogP contribution >= 0.6 is 11.6 Å². The largest absolute Gasteiger partial charge is 0.444 e. The number of nitrogens with zero attached hydrogens (tertiary/aromatic N) is 1. The Kier molecular flexibility index (Phi) is 2.78. The molecule has 0 atom stereocenters. The molecule has 15 heavy (non-hydrogen) atoms. The predicted molar refractivity (Wildman–Crippen MR) is 61.0 cm³/mol. The van der Waals surface area contributed by atoms with Crippen molar-refractivity contribution in [2.75, 3.05) is 0 Å². The molecule has 0 saturated carbocycles. The Bertz CT molecular complexity index is 449. The van der Waals surface area contributed by atoms with Gasteiger partial charge in [0.25, 0.3) is 0 Å². The van der Waals surface area contributed by atoms with Crippen LogP contribution in [0.4, 0.5) is 0 Å². The molecule has 0 bridgehead atoms. The van der Waals surface area contributed by atoms with Gasteiger partial charge < -0.3 is 4.42 Å². The molecule has 0 spiro atoms. The Morgan fingerprint density at radius 3 is 2.67 bits per heavy atom. The van der Waals surface area contributed by atoms with E-state index in [2.05, 4.69) is 18.8 Å². The van der Waals surface area contributed by atoms with Crippen LogP contribution in [0, 0.1) is 0 Å². The van der Waals surface area contributed by atoms with Gasteiger partial charge in [0.05, 0.1) is 6.20 Å². The van der Waals surface area contributed by atoms with Gasteiger partial charge >= 0.3 is 0 Å². The first-order valence-corrected chi connectivity index (χ1v) is 5.24. The molecule has 1 aromatic heterocycles. The lowest BCUT2D eigenvalue weighted by molar-refractivity contribution is 0.572. The molecule has 0 aliphatic rings. The normalized spacial score (nSPS) is 10.9. The number of benzene rings is 1. The van der Waals surface area contributed by atoms with Gasteiger partial charge in [-0.2, -0.15) is 0 Å². The molecule has 0 fully saturated rings. The van der Waals surface area contributed by atoms with E-state index in [0.29, 0.717) is 5.92 Å². The van der Waals surface area contributed by atoms with Crippen molar-refractivity contribution in [1.29, 1.82) is 0 Å². The van der Waals surface area contributed by atoms with E-state index in [4.69, 9.17) is 16.0 Å². The molecular formula is C12H12ClNO. The highest BCUT2D eigenvalue weighted by Crippen LogP contribution is 2.29. The molecule has 2 rings (SSSR count). The minimum atomic E-state index is 0.432. The van der Waals surface area contributed by atoms with Crippen molar-refractivity contribution in [1.82, 2.24) is 4.98 Å². The smallest absolute Gasteiger partial charge is 0.181 e. The second-order valence-corrected chi connectivity index (χ2v) is 4.16. The van der Waals surface area contributed by atoms with E-state index in [-0.39, 0.29) is 0 Å². The molecule has 1 aromatic carbocycles. The SMILES string of the molecule is CC(C)c1ccc(-c2cnco2)cc1Cl. The number of rotatable bonds is 2. The zero-order valence-electron chi connectivity index (χ0n) is 8.70. The third-order valence-electron chi connectivity index (χ3n) is 2.34. The van der Waals surface area contributed by atoms with Crippen LogP contribution in [0.1, 0.15) is 25.3 Å². The molecule has 0 aliphatic heterocycles. The van der Waals surface area contributed by atoms with Crippen LogP contribution in [0.2, 0.25) is 5.02 Å². The highest BCUT2D eigenvalue weighted by Gasteiger charge is 2.08. The fourth-order valence-corrected chi connectivity index (χ4v) is 1.91. The van der Waals surface area contributed by atoms with Crippen molar-refractivity contribution in [3.05, 3.63) is 41.4 Å². The first-order valence-electron chi connectivity index (χ1n) is 4.87. The lowest BCUT2D eigenvalue weighted by atomic mass is 10.0. The van der Waals surface area contributed by atoms with Crippen LogP contribution in [0.15, 0.2) is 35.2 Å². The summed E-state index contributed by atoms with van der Waals surface area (Å²) in [5.74, 6) is 1.17. The van der Waals surface area contributed by atoms with Gasteiger partial charge in [-0.3, -0.25) is 0 Å². The Hall–Kier alpha value is -1.28. The van der Waals surface area contributed by atoms with E-state index in [1.54, 1.807) is 6.20 Å². The molecule has 78 valence electrons. The summed E-state index contributed by atoms with van der Waals surface area (Å²) in [5, 5.41) is 0.777. The lowest BCUT2D eigenvalue weighted by Crippen LogP contribution is -1.88. The van der Waals surface area contributed by atoms with E-state index >= 15 is 0 Å². The maximum absolute atomic E-state index is 6.18. The minimum absolute atomic E-state index is 0.432. The molecule has 0 N–H and O–H groups in total. The number of oxazole rings is 1. The van der Waals surface area contributed by atoms with Crippen LogP contribution in [0.3, 0.4) is 0 Å². The molecule has 3 heteroatoms. The van der Waals surface area contributed by atoms with Crippen LogP contribution in [-0.2, 0) is 0 Å². The van der Waals surface area contributed by atoms with E-state index < -0.39 is 0 Å². The molecule has 0 amide bonds. The topological polar surface area (TPSA) is 26.0 Å². The molecule has 1 heterocycles. The van der Waals surface area contributed by atoms with Crippen molar-refractivity contribution in [2.45, 2.75) is 19.8 Å². The Morgan fingerprint density at radius 1 is 1.33 bits per heavy atom. The number of hydrogen-bond donors (Lipinski definition) is 0. The summed E-state index contributed by atoms with van der Waals surface area (Å²) in [4.78, 5) is 3.88. The van der Waals surface area contributed by atoms with Crippen molar-refractivity contribution in [3.63, 3.8) is 0 Å². The lowest BCUT2D eigenvalue weighted by Gasteiger charge is -2.08. The van der Waals surface area contributed by atoms with Crippen molar-refractivity contribution < 1.29 is 4.42 Å². The number of halogens is 1. The monoisotopic (exact) mass is 221 g/mol. The zero-order chi connectivity index (χ0) is 10.8. The summed E-state index contributed by atoms with van der Waals surface area (Å²) >= 11 is 6.18. The zero-order valence-corrected chi connectivity index (χ0v) is 9.45. The first-order chi connectivity index (χ1) is 7.18. The fourth-order valence-electron chi connectivity index (χ4n) is 1.51. The van der Waals surface area contributed by atoms with Crippen LogP contribution in [0.25, 0.3) is 11.3 Å². The van der Waals surface area contributed by atoms with E-state index in [0.717, 1.165) is 21.9 Å².